The number of rotatable bonds is 7. The lowest BCUT2D eigenvalue weighted by molar-refractivity contribution is -0.118. The van der Waals surface area contributed by atoms with Gasteiger partial charge in [0.05, 0.1) is 16.9 Å². The van der Waals surface area contributed by atoms with Gasteiger partial charge in [0.25, 0.3) is 11.8 Å². The Morgan fingerprint density at radius 1 is 1.03 bits per heavy atom. The molecule has 9 heteroatoms. The van der Waals surface area contributed by atoms with Crippen molar-refractivity contribution < 1.29 is 14.3 Å². The summed E-state index contributed by atoms with van der Waals surface area (Å²) < 4.78 is 6.28. The van der Waals surface area contributed by atoms with E-state index in [1.165, 1.54) is 6.21 Å². The van der Waals surface area contributed by atoms with Gasteiger partial charge in [0.15, 0.2) is 6.61 Å². The first-order valence-electron chi connectivity index (χ1n) is 8.97. The zero-order valence-electron chi connectivity index (χ0n) is 15.9. The fourth-order valence-corrected chi connectivity index (χ4v) is 3.17. The number of carbonyl (C=O) groups excluding carboxylic acids is 2. The molecule has 0 spiro atoms. The lowest BCUT2D eigenvalue weighted by atomic mass is 10.2. The predicted octanol–water partition coefficient (Wildman–Crippen LogP) is 5.54. The Balaban J connectivity index is 1.48. The Kier molecular flexibility index (Phi) is 8.06. The summed E-state index contributed by atoms with van der Waals surface area (Å²) >= 11 is 15.2. The van der Waals surface area contributed by atoms with E-state index in [9.17, 15) is 9.59 Å². The van der Waals surface area contributed by atoms with Crippen molar-refractivity contribution >= 4 is 62.8 Å². The highest BCUT2D eigenvalue weighted by Gasteiger charge is 2.08. The van der Waals surface area contributed by atoms with Gasteiger partial charge in [-0.05, 0) is 66.2 Å². The fraction of sp³-hybridized carbons (Fsp3) is 0.0455. The van der Waals surface area contributed by atoms with E-state index in [1.807, 2.05) is 6.07 Å². The van der Waals surface area contributed by atoms with Gasteiger partial charge in [0.2, 0.25) is 0 Å². The number of halogens is 3. The molecule has 31 heavy (non-hydrogen) atoms. The number of carbonyl (C=O) groups is 2. The number of hydrogen-bond donors (Lipinski definition) is 2. The first kappa shape index (κ1) is 22.8. The molecule has 0 saturated carbocycles. The average molecular weight is 521 g/mol. The molecule has 0 aromatic heterocycles. The van der Waals surface area contributed by atoms with Crippen molar-refractivity contribution in [3.63, 3.8) is 0 Å². The Bertz CT molecular complexity index is 1120. The maximum absolute atomic E-state index is 12.1. The third-order valence-electron chi connectivity index (χ3n) is 3.92. The van der Waals surface area contributed by atoms with Crippen LogP contribution in [0.3, 0.4) is 0 Å². The van der Waals surface area contributed by atoms with Crippen LogP contribution in [0.15, 0.2) is 76.3 Å². The van der Waals surface area contributed by atoms with Crippen molar-refractivity contribution in [1.29, 1.82) is 0 Å². The molecule has 0 radical (unpaired) electrons. The Hall–Kier alpha value is -2.87. The Labute approximate surface area is 197 Å². The predicted molar refractivity (Wildman–Crippen MR) is 126 cm³/mol. The standard InChI is InChI=1S/C22H16BrCl2N3O3/c23-16-3-1-2-15(10-16)22(30)28-26-12-14-4-7-18(8-5-14)31-13-21(29)27-20-11-17(24)6-9-19(20)25/h1-12H,13H2,(H,27,29)(H,28,30)/b26-12-. The van der Waals surface area contributed by atoms with E-state index in [2.05, 4.69) is 31.8 Å². The van der Waals surface area contributed by atoms with E-state index < -0.39 is 0 Å². The molecule has 3 rings (SSSR count). The zero-order valence-corrected chi connectivity index (χ0v) is 19.0. The lowest BCUT2D eigenvalue weighted by Gasteiger charge is -2.09. The minimum atomic E-state index is -0.370. The summed E-state index contributed by atoms with van der Waals surface area (Å²) in [5.74, 6) is -0.184. The minimum Gasteiger partial charge on any atom is -0.484 e. The second-order valence-corrected chi connectivity index (χ2v) is 8.00. The van der Waals surface area contributed by atoms with Gasteiger partial charge in [-0.3, -0.25) is 9.59 Å². The van der Waals surface area contributed by atoms with Gasteiger partial charge >= 0.3 is 0 Å². The molecule has 0 bridgehead atoms. The van der Waals surface area contributed by atoms with Gasteiger partial charge in [-0.25, -0.2) is 5.43 Å². The van der Waals surface area contributed by atoms with Gasteiger partial charge in [0.1, 0.15) is 5.75 Å². The summed E-state index contributed by atoms with van der Waals surface area (Å²) in [5.41, 5.74) is 4.12. The summed E-state index contributed by atoms with van der Waals surface area (Å²) in [6, 6.07) is 18.7. The monoisotopic (exact) mass is 519 g/mol. The SMILES string of the molecule is O=C(COc1ccc(/C=N\NC(=O)c2cccc(Br)c2)cc1)Nc1cc(Cl)ccc1Cl. The summed E-state index contributed by atoms with van der Waals surface area (Å²) in [6.07, 6.45) is 1.51. The minimum absolute atomic E-state index is 0.195. The highest BCUT2D eigenvalue weighted by atomic mass is 79.9. The van der Waals surface area contributed by atoms with Gasteiger partial charge in [-0.15, -0.1) is 0 Å². The maximum Gasteiger partial charge on any atom is 0.271 e. The Morgan fingerprint density at radius 3 is 2.55 bits per heavy atom. The van der Waals surface area contributed by atoms with Crippen molar-refractivity contribution in [3.05, 3.63) is 92.4 Å². The van der Waals surface area contributed by atoms with Gasteiger partial charge in [0, 0.05) is 15.1 Å². The molecule has 0 atom stereocenters. The number of nitrogens with one attached hydrogen (secondary N) is 2. The molecule has 0 aliphatic rings. The molecule has 0 aliphatic carbocycles. The highest BCUT2D eigenvalue weighted by molar-refractivity contribution is 9.10. The van der Waals surface area contributed by atoms with Crippen LogP contribution < -0.4 is 15.5 Å². The molecule has 3 aromatic rings. The molecular weight excluding hydrogens is 505 g/mol. The van der Waals surface area contributed by atoms with Crippen molar-refractivity contribution in [2.45, 2.75) is 0 Å². The summed E-state index contributed by atoms with van der Waals surface area (Å²) in [7, 11) is 0. The average Bonchev–Trinajstić information content (AvgIpc) is 2.75. The number of amides is 2. The van der Waals surface area contributed by atoms with Gasteiger partial charge in [-0.2, -0.15) is 5.10 Å². The van der Waals surface area contributed by atoms with E-state index in [4.69, 9.17) is 27.9 Å². The number of ether oxygens (including phenoxy) is 1. The number of nitrogens with zero attached hydrogens (tertiary/aromatic N) is 1. The van der Waals surface area contributed by atoms with E-state index in [-0.39, 0.29) is 18.4 Å². The van der Waals surface area contributed by atoms with Crippen LogP contribution in [-0.4, -0.2) is 24.6 Å². The first-order valence-corrected chi connectivity index (χ1v) is 10.5. The Morgan fingerprint density at radius 2 is 1.81 bits per heavy atom. The molecule has 0 saturated heterocycles. The molecule has 0 fully saturated rings. The number of anilines is 1. The molecule has 2 N–H and O–H groups in total. The quantitative estimate of drug-likeness (QED) is 0.317. The maximum atomic E-state index is 12.1. The van der Waals surface area contributed by atoms with E-state index in [1.54, 1.807) is 60.7 Å². The van der Waals surface area contributed by atoms with Crippen LogP contribution >= 0.6 is 39.1 Å². The largest absolute Gasteiger partial charge is 0.484 e. The first-order chi connectivity index (χ1) is 14.9. The summed E-state index contributed by atoms with van der Waals surface area (Å²) in [5, 5.41) is 7.44. The normalized spacial score (nSPS) is 10.7. The summed E-state index contributed by atoms with van der Waals surface area (Å²) in [6.45, 7) is -0.195. The van der Waals surface area contributed by atoms with Crippen LogP contribution in [0.25, 0.3) is 0 Å². The van der Waals surface area contributed by atoms with Crippen molar-refractivity contribution in [1.82, 2.24) is 5.43 Å². The van der Waals surface area contributed by atoms with Crippen LogP contribution in [-0.2, 0) is 4.79 Å². The van der Waals surface area contributed by atoms with Crippen LogP contribution in [0.1, 0.15) is 15.9 Å². The molecule has 3 aromatic carbocycles. The molecule has 0 aliphatic heterocycles. The van der Waals surface area contributed by atoms with E-state index >= 15 is 0 Å². The molecule has 0 heterocycles. The second kappa shape index (κ2) is 10.9. The van der Waals surface area contributed by atoms with E-state index in [0.29, 0.717) is 27.0 Å². The van der Waals surface area contributed by atoms with E-state index in [0.717, 1.165) is 10.0 Å². The van der Waals surface area contributed by atoms with Crippen LogP contribution in [0.2, 0.25) is 10.0 Å². The molecule has 158 valence electrons. The third-order valence-corrected chi connectivity index (χ3v) is 4.98. The van der Waals surface area contributed by atoms with Crippen LogP contribution in [0.5, 0.6) is 5.75 Å². The second-order valence-electron chi connectivity index (χ2n) is 6.24. The van der Waals surface area contributed by atoms with Crippen molar-refractivity contribution in [2.75, 3.05) is 11.9 Å². The van der Waals surface area contributed by atoms with Gasteiger partial charge in [-0.1, -0.05) is 45.2 Å². The molecule has 6 nitrogen and oxygen atoms in total. The number of benzene rings is 3. The van der Waals surface area contributed by atoms with Crippen LogP contribution in [0, 0.1) is 0 Å². The van der Waals surface area contributed by atoms with Gasteiger partial charge < -0.3 is 10.1 Å². The topological polar surface area (TPSA) is 79.8 Å². The van der Waals surface area contributed by atoms with Crippen LogP contribution in [0.4, 0.5) is 5.69 Å². The number of hydrazone groups is 1. The van der Waals surface area contributed by atoms with Crippen molar-refractivity contribution in [3.8, 4) is 5.75 Å². The smallest absolute Gasteiger partial charge is 0.271 e. The molecular formula is C22H16BrCl2N3O3. The third kappa shape index (κ3) is 7.10. The molecule has 0 unspecified atom stereocenters. The fourth-order valence-electron chi connectivity index (χ4n) is 2.44. The molecule has 2 amide bonds. The summed E-state index contributed by atoms with van der Waals surface area (Å²) in [4.78, 5) is 24.1. The number of hydrogen-bond acceptors (Lipinski definition) is 4. The lowest BCUT2D eigenvalue weighted by Crippen LogP contribution is -2.20. The zero-order chi connectivity index (χ0) is 22.2. The van der Waals surface area contributed by atoms with Crippen molar-refractivity contribution in [2.24, 2.45) is 5.10 Å². The highest BCUT2D eigenvalue weighted by Crippen LogP contribution is 2.25.